The maximum absolute atomic E-state index is 12.5. The van der Waals surface area contributed by atoms with Gasteiger partial charge in [-0.25, -0.2) is 4.79 Å². The summed E-state index contributed by atoms with van der Waals surface area (Å²) in [5.74, 6) is 0.0106. The molecule has 4 heterocycles. The third-order valence-corrected chi connectivity index (χ3v) is 6.87. The van der Waals surface area contributed by atoms with Crippen LogP contribution in [0, 0.1) is 5.92 Å². The first-order valence-electron chi connectivity index (χ1n) is 9.81. The van der Waals surface area contributed by atoms with Crippen molar-refractivity contribution in [2.45, 2.75) is 32.7 Å². The molecule has 0 amide bonds. The summed E-state index contributed by atoms with van der Waals surface area (Å²) in [6.45, 7) is 4.89. The predicted molar refractivity (Wildman–Crippen MR) is 113 cm³/mol. The number of nitrogens with zero attached hydrogens (tertiary/aromatic N) is 1. The fourth-order valence-corrected chi connectivity index (χ4v) is 5.34. The number of carboxylic acids is 1. The van der Waals surface area contributed by atoms with Gasteiger partial charge in [-0.05, 0) is 35.4 Å². The fraction of sp³-hybridized carbons (Fsp3) is 0.304. The lowest BCUT2D eigenvalue weighted by Gasteiger charge is -2.34. The summed E-state index contributed by atoms with van der Waals surface area (Å²) in [4.78, 5) is 25.3. The zero-order valence-corrected chi connectivity index (χ0v) is 17.1. The third-order valence-electron chi connectivity index (χ3n) is 5.97. The average Bonchev–Trinajstić information content (AvgIpc) is 3.37. The molecule has 5 rings (SSSR count). The molecule has 1 unspecified atom stereocenters. The van der Waals surface area contributed by atoms with Gasteiger partial charge in [0.05, 0.1) is 12.3 Å². The van der Waals surface area contributed by atoms with E-state index in [4.69, 9.17) is 4.74 Å². The lowest BCUT2D eigenvalue weighted by molar-refractivity contribution is 0.0694. The van der Waals surface area contributed by atoms with Crippen molar-refractivity contribution in [2.24, 2.45) is 5.92 Å². The van der Waals surface area contributed by atoms with E-state index in [9.17, 15) is 14.7 Å². The van der Waals surface area contributed by atoms with Crippen LogP contribution in [0.4, 0.5) is 0 Å². The van der Waals surface area contributed by atoms with Crippen LogP contribution >= 0.6 is 11.3 Å². The molecule has 29 heavy (non-hydrogen) atoms. The van der Waals surface area contributed by atoms with Crippen LogP contribution in [0.25, 0.3) is 21.7 Å². The molecule has 6 heteroatoms. The Bertz CT molecular complexity index is 1190. The smallest absolute Gasteiger partial charge is 0.341 e. The number of aromatic carboxylic acids is 1. The molecule has 0 fully saturated rings. The SMILES string of the molecule is CC(C)C1Cc2cc(-c3cccs3)c3c(c2-c2cc(=O)c(C(=O)O)cn21)CCO3. The van der Waals surface area contributed by atoms with Gasteiger partial charge in [0, 0.05) is 46.3 Å². The number of thiophene rings is 1. The third kappa shape index (κ3) is 2.74. The number of rotatable bonds is 3. The van der Waals surface area contributed by atoms with E-state index in [0.717, 1.165) is 41.0 Å². The minimum absolute atomic E-state index is 0.0905. The first-order chi connectivity index (χ1) is 14.0. The van der Waals surface area contributed by atoms with E-state index >= 15 is 0 Å². The molecule has 2 aliphatic rings. The van der Waals surface area contributed by atoms with Crippen molar-refractivity contribution in [3.05, 3.63) is 62.8 Å². The van der Waals surface area contributed by atoms with E-state index in [1.165, 1.54) is 22.7 Å². The molecule has 0 aliphatic carbocycles. The number of aromatic nitrogens is 1. The van der Waals surface area contributed by atoms with E-state index in [2.05, 4.69) is 31.4 Å². The molecule has 1 atom stereocenters. The topological polar surface area (TPSA) is 68.5 Å². The van der Waals surface area contributed by atoms with Crippen LogP contribution in [0.15, 0.2) is 40.6 Å². The minimum Gasteiger partial charge on any atom is -0.492 e. The van der Waals surface area contributed by atoms with Crippen LogP contribution in [0.5, 0.6) is 5.75 Å². The highest BCUT2D eigenvalue weighted by atomic mass is 32.1. The first kappa shape index (κ1) is 18.2. The second-order valence-corrected chi connectivity index (χ2v) is 8.95. The van der Waals surface area contributed by atoms with Crippen LogP contribution in [-0.4, -0.2) is 22.2 Å². The highest BCUT2D eigenvalue weighted by Gasteiger charge is 2.33. The second kappa shape index (κ2) is 6.59. The van der Waals surface area contributed by atoms with Gasteiger partial charge in [-0.2, -0.15) is 0 Å². The average molecular weight is 407 g/mol. The van der Waals surface area contributed by atoms with Gasteiger partial charge in [-0.15, -0.1) is 11.3 Å². The monoisotopic (exact) mass is 407 g/mol. The Kier molecular flexibility index (Phi) is 4.13. The highest BCUT2D eigenvalue weighted by molar-refractivity contribution is 7.13. The van der Waals surface area contributed by atoms with E-state index in [1.54, 1.807) is 11.3 Å². The number of carbonyl (C=O) groups is 1. The summed E-state index contributed by atoms with van der Waals surface area (Å²) in [6.07, 6.45) is 3.12. The molecule has 0 radical (unpaired) electrons. The number of hydrogen-bond donors (Lipinski definition) is 1. The van der Waals surface area contributed by atoms with Crippen molar-refractivity contribution in [3.8, 4) is 27.4 Å². The van der Waals surface area contributed by atoms with E-state index < -0.39 is 11.4 Å². The fourth-order valence-electron chi connectivity index (χ4n) is 4.60. The largest absolute Gasteiger partial charge is 0.492 e. The molecule has 5 nitrogen and oxygen atoms in total. The van der Waals surface area contributed by atoms with E-state index in [0.29, 0.717) is 12.5 Å². The van der Waals surface area contributed by atoms with Crippen LogP contribution in [0.2, 0.25) is 0 Å². The number of fused-ring (bicyclic) bond motifs is 5. The molecule has 148 valence electrons. The molecular formula is C23H21NO4S. The normalized spacial score (nSPS) is 16.9. The molecule has 3 aromatic rings. The Morgan fingerprint density at radius 1 is 1.34 bits per heavy atom. The van der Waals surface area contributed by atoms with Gasteiger partial charge in [0.25, 0.3) is 0 Å². The number of pyridine rings is 1. The predicted octanol–water partition coefficient (Wildman–Crippen LogP) is 4.63. The maximum Gasteiger partial charge on any atom is 0.341 e. The Morgan fingerprint density at radius 3 is 2.86 bits per heavy atom. The van der Waals surface area contributed by atoms with Gasteiger partial charge < -0.3 is 14.4 Å². The minimum atomic E-state index is -1.18. The van der Waals surface area contributed by atoms with Crippen molar-refractivity contribution in [3.63, 3.8) is 0 Å². The number of carboxylic acid groups (broad SMARTS) is 1. The van der Waals surface area contributed by atoms with Crippen molar-refractivity contribution in [1.82, 2.24) is 4.57 Å². The second-order valence-electron chi connectivity index (χ2n) is 8.01. The summed E-state index contributed by atoms with van der Waals surface area (Å²) in [5, 5.41) is 11.5. The van der Waals surface area contributed by atoms with E-state index in [-0.39, 0.29) is 11.6 Å². The van der Waals surface area contributed by atoms with Gasteiger partial charge in [-0.1, -0.05) is 19.9 Å². The molecule has 0 spiro atoms. The highest BCUT2D eigenvalue weighted by Crippen LogP contribution is 2.49. The van der Waals surface area contributed by atoms with Gasteiger partial charge in [0.1, 0.15) is 11.3 Å². The van der Waals surface area contributed by atoms with Crippen LogP contribution in [0.1, 0.15) is 41.4 Å². The molecule has 1 N–H and O–H groups in total. The first-order valence-corrected chi connectivity index (χ1v) is 10.7. The van der Waals surface area contributed by atoms with E-state index in [1.807, 2.05) is 10.6 Å². The summed E-state index contributed by atoms with van der Waals surface area (Å²) in [5.41, 5.74) is 4.68. The van der Waals surface area contributed by atoms with Crippen molar-refractivity contribution >= 4 is 17.3 Å². The Hall–Kier alpha value is -2.86. The lowest BCUT2D eigenvalue weighted by atomic mass is 9.83. The number of benzene rings is 1. The summed E-state index contributed by atoms with van der Waals surface area (Å²) >= 11 is 1.69. The molecule has 2 aromatic heterocycles. The molecule has 1 aromatic carbocycles. The molecule has 2 aliphatic heterocycles. The van der Waals surface area contributed by atoms with Crippen LogP contribution in [-0.2, 0) is 12.8 Å². The standard InChI is InChI=1S/C23H21NO4S/c1-12(2)17-9-13-8-15(20-4-3-7-29-20)22-14(5-6-28-22)21(13)18-10-19(25)16(23(26)27)11-24(17)18/h3-4,7-8,10-12,17H,5-6,9H2,1-2H3,(H,26,27). The zero-order valence-electron chi connectivity index (χ0n) is 16.3. The van der Waals surface area contributed by atoms with Crippen molar-refractivity contribution in [2.75, 3.05) is 6.61 Å². The Labute approximate surface area is 172 Å². The zero-order chi connectivity index (χ0) is 20.3. The Balaban J connectivity index is 1.82. The van der Waals surface area contributed by atoms with Gasteiger partial charge >= 0.3 is 5.97 Å². The summed E-state index contributed by atoms with van der Waals surface area (Å²) in [7, 11) is 0. The van der Waals surface area contributed by atoms with Gasteiger partial charge in [-0.3, -0.25) is 4.79 Å². The van der Waals surface area contributed by atoms with Gasteiger partial charge in [0.2, 0.25) is 0 Å². The molecule has 0 saturated heterocycles. The molecule has 0 bridgehead atoms. The molecular weight excluding hydrogens is 386 g/mol. The van der Waals surface area contributed by atoms with Crippen LogP contribution in [0.3, 0.4) is 0 Å². The maximum atomic E-state index is 12.5. The quantitative estimate of drug-likeness (QED) is 0.687. The van der Waals surface area contributed by atoms with Gasteiger partial charge in [0.15, 0.2) is 5.43 Å². The summed E-state index contributed by atoms with van der Waals surface area (Å²) < 4.78 is 8.03. The summed E-state index contributed by atoms with van der Waals surface area (Å²) in [6, 6.07) is 7.95. The van der Waals surface area contributed by atoms with Crippen LogP contribution < -0.4 is 10.2 Å². The lowest BCUT2D eigenvalue weighted by Crippen LogP contribution is -2.28. The molecule has 0 saturated carbocycles. The van der Waals surface area contributed by atoms with Crippen molar-refractivity contribution < 1.29 is 14.6 Å². The number of ether oxygens (including phenoxy) is 1. The Morgan fingerprint density at radius 2 is 2.17 bits per heavy atom. The number of hydrogen-bond acceptors (Lipinski definition) is 4. The van der Waals surface area contributed by atoms with Crippen molar-refractivity contribution in [1.29, 1.82) is 0 Å².